The zero-order chi connectivity index (χ0) is 8.39. The molecule has 12 heavy (non-hydrogen) atoms. The Morgan fingerprint density at radius 3 is 1.83 bits per heavy atom. The minimum absolute atomic E-state index is 0.102. The Kier molecular flexibility index (Phi) is 1.96. The Labute approximate surface area is 75.6 Å². The Hall–Kier alpha value is -1.09. The summed E-state index contributed by atoms with van der Waals surface area (Å²) in [5.41, 5.74) is 0. The lowest BCUT2D eigenvalue weighted by Crippen LogP contribution is -1.87. The zero-order valence-corrected chi connectivity index (χ0v) is 7.20. The fourth-order valence-corrected chi connectivity index (χ4v) is 1.33. The van der Waals surface area contributed by atoms with Gasteiger partial charge in [-0.2, -0.15) is 12.6 Å². The second-order valence-electron chi connectivity index (χ2n) is 2.43. The Balaban J connectivity index is 2.27. The van der Waals surface area contributed by atoms with Crippen LogP contribution in [0, 0.1) is 0 Å². The molecule has 0 N–H and O–H groups in total. The molecule has 0 aliphatic rings. The third-order valence-corrected chi connectivity index (χ3v) is 2.13. The summed E-state index contributed by atoms with van der Waals surface area (Å²) < 4.78 is 10.4. The van der Waals surface area contributed by atoms with Crippen LogP contribution in [0.2, 0.25) is 0 Å². The first-order chi connectivity index (χ1) is 5.88. The Morgan fingerprint density at radius 1 is 1.00 bits per heavy atom. The molecule has 62 valence electrons. The van der Waals surface area contributed by atoms with Gasteiger partial charge in [-0.1, -0.05) is 0 Å². The zero-order valence-electron chi connectivity index (χ0n) is 6.31. The molecule has 2 aromatic rings. The van der Waals surface area contributed by atoms with E-state index < -0.39 is 0 Å². The molecule has 0 saturated heterocycles. The predicted molar refractivity (Wildman–Crippen MR) is 48.2 cm³/mol. The first kappa shape index (κ1) is 7.55. The maximum Gasteiger partial charge on any atom is 0.124 e. The van der Waals surface area contributed by atoms with Crippen LogP contribution in [0.5, 0.6) is 0 Å². The number of hydrogen-bond acceptors (Lipinski definition) is 3. The maximum absolute atomic E-state index is 5.18. The van der Waals surface area contributed by atoms with E-state index in [-0.39, 0.29) is 5.25 Å². The van der Waals surface area contributed by atoms with Gasteiger partial charge in [-0.25, -0.2) is 0 Å². The number of furan rings is 2. The molecule has 0 aromatic carbocycles. The normalized spacial score (nSPS) is 10.8. The molecule has 2 aromatic heterocycles. The molecule has 0 bridgehead atoms. The van der Waals surface area contributed by atoms with Crippen LogP contribution >= 0.6 is 12.6 Å². The lowest BCUT2D eigenvalue weighted by molar-refractivity contribution is 0.471. The molecule has 0 saturated carbocycles. The average molecular weight is 180 g/mol. The summed E-state index contributed by atoms with van der Waals surface area (Å²) in [6.07, 6.45) is 3.25. The summed E-state index contributed by atoms with van der Waals surface area (Å²) >= 11 is 4.35. The molecule has 2 heterocycles. The number of thiol groups is 1. The van der Waals surface area contributed by atoms with E-state index in [4.69, 9.17) is 8.83 Å². The van der Waals surface area contributed by atoms with Crippen LogP contribution in [-0.2, 0) is 0 Å². The Bertz CT molecular complexity index is 289. The second kappa shape index (κ2) is 3.11. The largest absolute Gasteiger partial charge is 0.468 e. The lowest BCUT2D eigenvalue weighted by Gasteiger charge is -2.02. The summed E-state index contributed by atoms with van der Waals surface area (Å²) in [6.45, 7) is 0. The van der Waals surface area contributed by atoms with Crippen LogP contribution in [0.3, 0.4) is 0 Å². The molecule has 0 unspecified atom stereocenters. The van der Waals surface area contributed by atoms with E-state index in [1.165, 1.54) is 0 Å². The van der Waals surface area contributed by atoms with Crippen molar-refractivity contribution in [3.8, 4) is 0 Å². The Morgan fingerprint density at radius 2 is 1.50 bits per heavy atom. The SMILES string of the molecule is SC(c1ccco1)c1ccco1. The van der Waals surface area contributed by atoms with E-state index in [2.05, 4.69) is 12.6 Å². The van der Waals surface area contributed by atoms with Gasteiger partial charge in [0.15, 0.2) is 0 Å². The summed E-state index contributed by atoms with van der Waals surface area (Å²) in [4.78, 5) is 0. The molecule has 0 aliphatic carbocycles. The average Bonchev–Trinajstić information content (AvgIpc) is 2.77. The van der Waals surface area contributed by atoms with Gasteiger partial charge in [0.05, 0.1) is 12.5 Å². The van der Waals surface area contributed by atoms with E-state index >= 15 is 0 Å². The fraction of sp³-hybridized carbons (Fsp3) is 0.111. The van der Waals surface area contributed by atoms with Gasteiger partial charge in [0.2, 0.25) is 0 Å². The van der Waals surface area contributed by atoms with E-state index in [1.807, 2.05) is 24.3 Å². The van der Waals surface area contributed by atoms with Gasteiger partial charge in [0, 0.05) is 0 Å². The van der Waals surface area contributed by atoms with E-state index in [9.17, 15) is 0 Å². The summed E-state index contributed by atoms with van der Waals surface area (Å²) in [7, 11) is 0. The van der Waals surface area contributed by atoms with Crippen molar-refractivity contribution in [2.24, 2.45) is 0 Å². The van der Waals surface area contributed by atoms with Gasteiger partial charge < -0.3 is 8.83 Å². The highest BCUT2D eigenvalue weighted by molar-refractivity contribution is 7.80. The fourth-order valence-electron chi connectivity index (χ4n) is 1.03. The predicted octanol–water partition coefficient (Wildman–Crippen LogP) is 2.89. The molecule has 0 radical (unpaired) electrons. The molecular weight excluding hydrogens is 172 g/mol. The second-order valence-corrected chi connectivity index (χ2v) is 2.95. The first-order valence-electron chi connectivity index (χ1n) is 3.63. The van der Waals surface area contributed by atoms with Crippen molar-refractivity contribution < 1.29 is 8.83 Å². The van der Waals surface area contributed by atoms with Crippen molar-refractivity contribution in [2.75, 3.05) is 0 Å². The van der Waals surface area contributed by atoms with Crippen molar-refractivity contribution in [1.82, 2.24) is 0 Å². The summed E-state index contributed by atoms with van der Waals surface area (Å²) in [5, 5.41) is -0.102. The van der Waals surface area contributed by atoms with Gasteiger partial charge in [0.1, 0.15) is 16.8 Å². The highest BCUT2D eigenvalue weighted by Crippen LogP contribution is 2.28. The quantitative estimate of drug-likeness (QED) is 0.719. The summed E-state index contributed by atoms with van der Waals surface area (Å²) in [5.74, 6) is 1.60. The van der Waals surface area contributed by atoms with Crippen molar-refractivity contribution in [2.45, 2.75) is 5.25 Å². The van der Waals surface area contributed by atoms with Gasteiger partial charge in [-0.3, -0.25) is 0 Å². The van der Waals surface area contributed by atoms with Crippen molar-refractivity contribution in [3.05, 3.63) is 48.3 Å². The van der Waals surface area contributed by atoms with Crippen LogP contribution < -0.4 is 0 Å². The van der Waals surface area contributed by atoms with Crippen molar-refractivity contribution in [3.63, 3.8) is 0 Å². The van der Waals surface area contributed by atoms with Crippen LogP contribution in [0.1, 0.15) is 16.8 Å². The van der Waals surface area contributed by atoms with Crippen LogP contribution in [0.15, 0.2) is 45.6 Å². The number of rotatable bonds is 2. The molecule has 0 fully saturated rings. The lowest BCUT2D eigenvalue weighted by atomic mass is 10.2. The molecule has 0 amide bonds. The third kappa shape index (κ3) is 1.28. The maximum atomic E-state index is 5.18. The van der Waals surface area contributed by atoms with Gasteiger partial charge >= 0.3 is 0 Å². The van der Waals surface area contributed by atoms with Crippen LogP contribution in [0.25, 0.3) is 0 Å². The monoisotopic (exact) mass is 180 g/mol. The van der Waals surface area contributed by atoms with Gasteiger partial charge in [-0.05, 0) is 24.3 Å². The molecule has 2 nitrogen and oxygen atoms in total. The van der Waals surface area contributed by atoms with E-state index in [0.29, 0.717) is 0 Å². The first-order valence-corrected chi connectivity index (χ1v) is 4.14. The van der Waals surface area contributed by atoms with Crippen LogP contribution in [-0.4, -0.2) is 0 Å². The third-order valence-electron chi connectivity index (χ3n) is 1.63. The van der Waals surface area contributed by atoms with Gasteiger partial charge in [-0.15, -0.1) is 0 Å². The van der Waals surface area contributed by atoms with Crippen molar-refractivity contribution >= 4 is 12.6 Å². The molecule has 0 aliphatic heterocycles. The van der Waals surface area contributed by atoms with E-state index in [0.717, 1.165) is 11.5 Å². The standard InChI is InChI=1S/C9H8O2S/c12-9(7-3-1-5-10-7)8-4-2-6-11-8/h1-6,9,12H. The summed E-state index contributed by atoms with van der Waals surface area (Å²) in [6, 6.07) is 7.42. The minimum Gasteiger partial charge on any atom is -0.468 e. The molecule has 2 rings (SSSR count). The van der Waals surface area contributed by atoms with Crippen molar-refractivity contribution in [1.29, 1.82) is 0 Å². The number of hydrogen-bond donors (Lipinski definition) is 1. The minimum atomic E-state index is -0.102. The van der Waals surface area contributed by atoms with E-state index in [1.54, 1.807) is 12.5 Å². The highest BCUT2D eigenvalue weighted by atomic mass is 32.1. The topological polar surface area (TPSA) is 26.3 Å². The molecule has 0 atom stereocenters. The van der Waals surface area contributed by atoms with Crippen LogP contribution in [0.4, 0.5) is 0 Å². The van der Waals surface area contributed by atoms with Gasteiger partial charge in [0.25, 0.3) is 0 Å². The smallest absolute Gasteiger partial charge is 0.124 e. The molecular formula is C9H8O2S. The molecule has 3 heteroatoms. The molecule has 0 spiro atoms. The highest BCUT2D eigenvalue weighted by Gasteiger charge is 2.13.